The van der Waals surface area contributed by atoms with Crippen LogP contribution in [-0.4, -0.2) is 58.7 Å². The van der Waals surface area contributed by atoms with E-state index in [4.69, 9.17) is 16.3 Å². The van der Waals surface area contributed by atoms with Crippen LogP contribution in [0.5, 0.6) is 5.75 Å². The van der Waals surface area contributed by atoms with Crippen LogP contribution in [0.2, 0.25) is 5.02 Å². The molecule has 1 aromatic carbocycles. The zero-order valence-electron chi connectivity index (χ0n) is 19.7. The van der Waals surface area contributed by atoms with Crippen LogP contribution < -0.4 is 4.74 Å². The van der Waals surface area contributed by atoms with E-state index in [1.54, 1.807) is 19.2 Å². The smallest absolute Gasteiger partial charge is 0.303 e. The van der Waals surface area contributed by atoms with Gasteiger partial charge in [-0.2, -0.15) is 11.8 Å². The van der Waals surface area contributed by atoms with Crippen LogP contribution in [0.15, 0.2) is 24.4 Å². The predicted molar refractivity (Wildman–Crippen MR) is 137 cm³/mol. The van der Waals surface area contributed by atoms with Crippen molar-refractivity contribution in [1.29, 1.82) is 0 Å². The van der Waals surface area contributed by atoms with Gasteiger partial charge in [-0.05, 0) is 68.7 Å². The summed E-state index contributed by atoms with van der Waals surface area (Å²) >= 11 is 8.44. The number of benzene rings is 1. The Bertz CT molecular complexity index is 990. The molecule has 1 saturated heterocycles. The van der Waals surface area contributed by atoms with Crippen LogP contribution in [0.1, 0.15) is 56.7 Å². The third-order valence-electron chi connectivity index (χ3n) is 7.40. The zero-order chi connectivity index (χ0) is 24.1. The third-order valence-corrected chi connectivity index (χ3v) is 9.06. The fourth-order valence-corrected chi connectivity index (χ4v) is 6.83. The van der Waals surface area contributed by atoms with E-state index in [1.807, 2.05) is 6.07 Å². The highest BCUT2D eigenvalue weighted by molar-refractivity contribution is 7.99. The molecule has 0 radical (unpaired) electrons. The Morgan fingerprint density at radius 1 is 1.35 bits per heavy atom. The summed E-state index contributed by atoms with van der Waals surface area (Å²) in [4.78, 5) is 18.3. The minimum absolute atomic E-state index is 0.0527. The van der Waals surface area contributed by atoms with E-state index in [-0.39, 0.29) is 18.3 Å². The molecule has 1 aliphatic heterocycles. The molecule has 0 spiro atoms. The highest BCUT2D eigenvalue weighted by atomic mass is 35.5. The Morgan fingerprint density at radius 3 is 2.88 bits per heavy atom. The topological polar surface area (TPSA) is 62.7 Å². The first-order valence-corrected chi connectivity index (χ1v) is 13.7. The van der Waals surface area contributed by atoms with E-state index in [0.717, 1.165) is 37.1 Å². The van der Waals surface area contributed by atoms with Gasteiger partial charge in [0.05, 0.1) is 17.6 Å². The van der Waals surface area contributed by atoms with Crippen molar-refractivity contribution in [3.63, 3.8) is 0 Å². The van der Waals surface area contributed by atoms with Gasteiger partial charge in [-0.15, -0.1) is 0 Å². The van der Waals surface area contributed by atoms with Gasteiger partial charge in [0, 0.05) is 47.7 Å². The van der Waals surface area contributed by atoms with E-state index in [1.165, 1.54) is 25.5 Å². The highest BCUT2D eigenvalue weighted by Crippen LogP contribution is 2.39. The first-order valence-electron chi connectivity index (χ1n) is 12.3. The number of likely N-dealkylation sites (tertiary alicyclic amines) is 1. The second-order valence-corrected chi connectivity index (χ2v) is 11.4. The highest BCUT2D eigenvalue weighted by Gasteiger charge is 2.32. The summed E-state index contributed by atoms with van der Waals surface area (Å²) in [6.07, 6.45) is 6.31. The normalized spacial score (nSPS) is 22.4. The molecule has 2 unspecified atom stereocenters. The van der Waals surface area contributed by atoms with Crippen LogP contribution in [0.4, 0.5) is 4.39 Å². The number of fused-ring (bicyclic) bond motifs is 1. The largest absolute Gasteiger partial charge is 0.497 e. The Morgan fingerprint density at radius 2 is 2.18 bits per heavy atom. The van der Waals surface area contributed by atoms with Crippen LogP contribution >= 0.6 is 23.4 Å². The molecule has 8 heteroatoms. The molecule has 2 aromatic rings. The Hall–Kier alpha value is -1.57. The van der Waals surface area contributed by atoms with Crippen molar-refractivity contribution < 1.29 is 19.0 Å². The maximum Gasteiger partial charge on any atom is 0.303 e. The number of hydrogen-bond acceptors (Lipinski definition) is 5. The number of hydrogen-bond donors (Lipinski definition) is 1. The Kier molecular flexibility index (Phi) is 8.94. The molecule has 0 bridgehead atoms. The van der Waals surface area contributed by atoms with Crippen LogP contribution in [0.3, 0.4) is 0 Å². The molecule has 1 aliphatic carbocycles. The van der Waals surface area contributed by atoms with Crippen molar-refractivity contribution in [3.8, 4) is 5.75 Å². The van der Waals surface area contributed by atoms with Gasteiger partial charge in [0.2, 0.25) is 0 Å². The number of pyridine rings is 1. The molecule has 1 N–H and O–H groups in total. The maximum absolute atomic E-state index is 15.6. The number of aliphatic carboxylic acids is 1. The molecule has 2 fully saturated rings. The molecule has 4 rings (SSSR count). The summed E-state index contributed by atoms with van der Waals surface area (Å²) in [6.45, 7) is 2.75. The quantitative estimate of drug-likeness (QED) is 0.379. The molecule has 5 nitrogen and oxygen atoms in total. The van der Waals surface area contributed by atoms with Gasteiger partial charge in [-0.1, -0.05) is 18.0 Å². The van der Waals surface area contributed by atoms with Gasteiger partial charge in [0.1, 0.15) is 11.9 Å². The van der Waals surface area contributed by atoms with E-state index in [0.29, 0.717) is 40.1 Å². The van der Waals surface area contributed by atoms with Crippen LogP contribution in [-0.2, 0) is 4.79 Å². The average molecular weight is 509 g/mol. The zero-order valence-corrected chi connectivity index (χ0v) is 21.3. The molecule has 1 aromatic heterocycles. The summed E-state index contributed by atoms with van der Waals surface area (Å²) < 4.78 is 20.9. The molecular weight excluding hydrogens is 475 g/mol. The summed E-state index contributed by atoms with van der Waals surface area (Å²) in [6, 6.07) is 5.39. The number of halogens is 2. The average Bonchev–Trinajstić information content (AvgIpc) is 2.79. The number of piperidine rings is 1. The SMILES string of the molecule is COc1ccc2ncc(Cl)c([C@H](F)CCC3CCN(CCSC4CCC4)CC3CC(=O)O)c2c1. The minimum atomic E-state index is -1.24. The van der Waals surface area contributed by atoms with Crippen molar-refractivity contribution in [1.82, 2.24) is 9.88 Å². The van der Waals surface area contributed by atoms with Gasteiger partial charge >= 0.3 is 5.97 Å². The number of thioether (sulfide) groups is 1. The summed E-state index contributed by atoms with van der Waals surface area (Å²) in [5, 5.41) is 11.3. The predicted octanol–water partition coefficient (Wildman–Crippen LogP) is 6.39. The molecule has 0 amide bonds. The first-order chi connectivity index (χ1) is 16.4. The fourth-order valence-electron chi connectivity index (χ4n) is 5.20. The van der Waals surface area contributed by atoms with Gasteiger partial charge in [-0.3, -0.25) is 9.78 Å². The standard InChI is InChI=1S/C26H34ClFN2O3S/c1-33-19-6-8-24-21(14-19)26(22(27)15-29-24)23(28)7-5-17-9-10-30(16-18(17)13-25(31)32)11-12-34-20-3-2-4-20/h6,8,14-15,17-18,20,23H,2-5,7,9-13,16H2,1H3,(H,31,32)/t17?,18?,23-/m1/s1. The second-order valence-electron chi connectivity index (χ2n) is 9.58. The molecule has 34 heavy (non-hydrogen) atoms. The number of rotatable bonds is 11. The van der Waals surface area contributed by atoms with Gasteiger partial charge in [0.25, 0.3) is 0 Å². The molecule has 3 atom stereocenters. The van der Waals surface area contributed by atoms with Gasteiger partial charge in [0.15, 0.2) is 0 Å². The van der Waals surface area contributed by atoms with Crippen LogP contribution in [0.25, 0.3) is 10.9 Å². The fraction of sp³-hybridized carbons (Fsp3) is 0.615. The van der Waals surface area contributed by atoms with E-state index in [2.05, 4.69) is 21.6 Å². The van der Waals surface area contributed by atoms with Crippen molar-refractivity contribution in [2.75, 3.05) is 32.5 Å². The van der Waals surface area contributed by atoms with Crippen molar-refractivity contribution >= 4 is 40.2 Å². The lowest BCUT2D eigenvalue weighted by Gasteiger charge is -2.38. The number of alkyl halides is 1. The Balaban J connectivity index is 1.38. The second kappa shape index (κ2) is 11.9. The summed E-state index contributed by atoms with van der Waals surface area (Å²) in [5.74, 6) is 1.23. The number of carboxylic acid groups (broad SMARTS) is 1. The van der Waals surface area contributed by atoms with E-state index in [9.17, 15) is 9.90 Å². The number of nitrogens with zero attached hydrogens (tertiary/aromatic N) is 2. The third kappa shape index (κ3) is 6.35. The summed E-state index contributed by atoms with van der Waals surface area (Å²) in [5.41, 5.74) is 1.13. The first kappa shape index (κ1) is 25.5. The van der Waals surface area contributed by atoms with E-state index >= 15 is 4.39 Å². The molecule has 186 valence electrons. The van der Waals surface area contributed by atoms with Gasteiger partial charge in [-0.25, -0.2) is 4.39 Å². The molecule has 2 aliphatic rings. The molecule has 2 heterocycles. The minimum Gasteiger partial charge on any atom is -0.497 e. The Labute approximate surface area is 210 Å². The number of carbonyl (C=O) groups is 1. The lowest BCUT2D eigenvalue weighted by atomic mass is 9.79. The number of carboxylic acids is 1. The molecular formula is C26H34ClFN2O3S. The summed E-state index contributed by atoms with van der Waals surface area (Å²) in [7, 11) is 1.58. The van der Waals surface area contributed by atoms with Crippen molar-refractivity contribution in [3.05, 3.63) is 35.0 Å². The molecule has 1 saturated carbocycles. The lowest BCUT2D eigenvalue weighted by Crippen LogP contribution is -2.42. The van der Waals surface area contributed by atoms with Crippen LogP contribution in [0, 0.1) is 11.8 Å². The van der Waals surface area contributed by atoms with E-state index < -0.39 is 12.1 Å². The lowest BCUT2D eigenvalue weighted by molar-refractivity contribution is -0.139. The van der Waals surface area contributed by atoms with Crippen molar-refractivity contribution in [2.24, 2.45) is 11.8 Å². The number of aromatic nitrogens is 1. The maximum atomic E-state index is 15.6. The van der Waals surface area contributed by atoms with Gasteiger partial charge < -0.3 is 14.7 Å². The monoisotopic (exact) mass is 508 g/mol. The number of methoxy groups -OCH3 is 1. The van der Waals surface area contributed by atoms with Crippen molar-refractivity contribution in [2.45, 2.75) is 56.4 Å². The number of ether oxygens (including phenoxy) is 1.